The second-order valence-corrected chi connectivity index (χ2v) is 9.31. The molecule has 3 nitrogen and oxygen atoms in total. The van der Waals surface area contributed by atoms with E-state index in [1.165, 1.54) is 35.0 Å². The fraction of sp³-hybridized carbons (Fsp3) is 0.400. The number of aliphatic hydroxyl groups is 1. The van der Waals surface area contributed by atoms with E-state index in [0.29, 0.717) is 22.0 Å². The molecule has 1 unspecified atom stereocenters. The van der Waals surface area contributed by atoms with Crippen molar-refractivity contribution >= 4 is 10.9 Å². The summed E-state index contributed by atoms with van der Waals surface area (Å²) in [4.78, 5) is 12.8. The molecule has 0 radical (unpaired) electrons. The molecule has 172 valence electrons. The quantitative estimate of drug-likeness (QED) is 0.475. The van der Waals surface area contributed by atoms with Gasteiger partial charge in [0.05, 0.1) is 12.1 Å². The molecule has 7 heteroatoms. The summed E-state index contributed by atoms with van der Waals surface area (Å²) in [6.45, 7) is 5.98. The monoisotopic (exact) mass is 449 g/mol. The van der Waals surface area contributed by atoms with Crippen molar-refractivity contribution in [2.24, 2.45) is 0 Å². The Balaban J connectivity index is 2.12. The van der Waals surface area contributed by atoms with E-state index in [9.17, 15) is 27.5 Å². The fourth-order valence-corrected chi connectivity index (χ4v) is 4.17. The van der Waals surface area contributed by atoms with Gasteiger partial charge in [0, 0.05) is 17.1 Å². The summed E-state index contributed by atoms with van der Waals surface area (Å²) >= 11 is 0. The molecule has 32 heavy (non-hydrogen) atoms. The Morgan fingerprint density at radius 3 is 2.16 bits per heavy atom. The molecule has 1 atom stereocenters. The summed E-state index contributed by atoms with van der Waals surface area (Å²) in [5.74, 6) is -0.690. The third kappa shape index (κ3) is 4.58. The zero-order valence-electron chi connectivity index (χ0n) is 18.5. The lowest BCUT2D eigenvalue weighted by Gasteiger charge is -2.38. The summed E-state index contributed by atoms with van der Waals surface area (Å²) < 4.78 is 57.4. The largest absolute Gasteiger partial charge is 0.418 e. The van der Waals surface area contributed by atoms with E-state index in [1.807, 2.05) is 0 Å². The van der Waals surface area contributed by atoms with Gasteiger partial charge in [0.25, 0.3) is 0 Å². The average Bonchev–Trinajstić information content (AvgIpc) is 2.69. The van der Waals surface area contributed by atoms with Crippen LogP contribution < -0.4 is 5.43 Å². The Labute approximate surface area is 184 Å². The van der Waals surface area contributed by atoms with Crippen LogP contribution >= 0.6 is 0 Å². The number of pyridine rings is 1. The molecule has 1 aromatic heterocycles. The van der Waals surface area contributed by atoms with E-state index in [0.717, 1.165) is 0 Å². The number of nitrogens with zero attached hydrogens (tertiary/aromatic N) is 1. The second kappa shape index (κ2) is 8.35. The molecule has 0 aliphatic carbocycles. The van der Waals surface area contributed by atoms with E-state index < -0.39 is 36.0 Å². The van der Waals surface area contributed by atoms with E-state index >= 15 is 0 Å². The molecule has 0 fully saturated rings. The van der Waals surface area contributed by atoms with Crippen LogP contribution in [-0.2, 0) is 12.0 Å². The Kier molecular flexibility index (Phi) is 6.26. The van der Waals surface area contributed by atoms with Gasteiger partial charge in [-0.15, -0.1) is 0 Å². The van der Waals surface area contributed by atoms with Gasteiger partial charge < -0.3 is 9.67 Å². The van der Waals surface area contributed by atoms with Crippen LogP contribution in [0.5, 0.6) is 0 Å². The average molecular weight is 449 g/mol. The third-order valence-electron chi connectivity index (χ3n) is 5.96. The highest BCUT2D eigenvalue weighted by Crippen LogP contribution is 2.42. The van der Waals surface area contributed by atoms with Crippen LogP contribution in [0.25, 0.3) is 10.9 Å². The highest BCUT2D eigenvalue weighted by molar-refractivity contribution is 5.79. The van der Waals surface area contributed by atoms with Crippen LogP contribution in [0.3, 0.4) is 0 Å². The summed E-state index contributed by atoms with van der Waals surface area (Å²) in [5.41, 5.74) is -3.23. The van der Waals surface area contributed by atoms with Crippen LogP contribution in [0, 0.1) is 5.82 Å². The predicted molar refractivity (Wildman–Crippen MR) is 117 cm³/mol. The van der Waals surface area contributed by atoms with Gasteiger partial charge in [0.2, 0.25) is 0 Å². The van der Waals surface area contributed by atoms with E-state index in [-0.39, 0.29) is 11.3 Å². The van der Waals surface area contributed by atoms with Crippen molar-refractivity contribution < 1.29 is 22.7 Å². The number of aromatic nitrogens is 1. The maximum Gasteiger partial charge on any atom is 0.418 e. The number of halogens is 4. The molecule has 3 aromatic rings. The summed E-state index contributed by atoms with van der Waals surface area (Å²) in [5, 5.41) is 11.3. The van der Waals surface area contributed by atoms with Crippen molar-refractivity contribution in [3.8, 4) is 0 Å². The van der Waals surface area contributed by atoms with Gasteiger partial charge in [-0.25, -0.2) is 4.39 Å². The lowest BCUT2D eigenvalue weighted by atomic mass is 9.74. The SMILES string of the molecule is CC(C)c1cn(CC(O)(CC(C)(C)c2ccc(F)cc2)C(F)(F)F)c2ccccc2c1=O. The number of hydrogen-bond acceptors (Lipinski definition) is 2. The van der Waals surface area contributed by atoms with Gasteiger partial charge in [-0.1, -0.05) is 52.0 Å². The molecule has 0 aliphatic heterocycles. The lowest BCUT2D eigenvalue weighted by Crippen LogP contribution is -2.52. The molecule has 0 saturated carbocycles. The minimum atomic E-state index is -4.94. The minimum absolute atomic E-state index is 0.201. The van der Waals surface area contributed by atoms with Crippen LogP contribution in [0.4, 0.5) is 17.6 Å². The van der Waals surface area contributed by atoms with Crippen LogP contribution in [-0.4, -0.2) is 21.5 Å². The molecule has 1 heterocycles. The van der Waals surface area contributed by atoms with Crippen molar-refractivity contribution in [2.45, 2.75) is 63.8 Å². The Hall–Kier alpha value is -2.67. The number of hydrogen-bond donors (Lipinski definition) is 1. The maximum atomic E-state index is 14.3. The smallest absolute Gasteiger partial charge is 0.379 e. The first-order valence-corrected chi connectivity index (χ1v) is 10.4. The number of rotatable bonds is 6. The minimum Gasteiger partial charge on any atom is -0.379 e. The highest BCUT2D eigenvalue weighted by atomic mass is 19.4. The van der Waals surface area contributed by atoms with Gasteiger partial charge in [-0.3, -0.25) is 4.79 Å². The Morgan fingerprint density at radius 2 is 1.59 bits per heavy atom. The van der Waals surface area contributed by atoms with Crippen molar-refractivity contribution in [2.75, 3.05) is 0 Å². The highest BCUT2D eigenvalue weighted by Gasteiger charge is 2.56. The van der Waals surface area contributed by atoms with Gasteiger partial charge in [-0.05, 0) is 47.6 Å². The molecule has 2 aromatic carbocycles. The summed E-state index contributed by atoms with van der Waals surface area (Å²) in [6, 6.07) is 11.7. The topological polar surface area (TPSA) is 42.2 Å². The van der Waals surface area contributed by atoms with E-state index in [4.69, 9.17) is 0 Å². The van der Waals surface area contributed by atoms with E-state index in [2.05, 4.69) is 0 Å². The zero-order valence-corrected chi connectivity index (χ0v) is 18.5. The predicted octanol–water partition coefficient (Wildman–Crippen LogP) is 5.93. The number of benzene rings is 2. The van der Waals surface area contributed by atoms with Gasteiger partial charge in [0.1, 0.15) is 5.82 Å². The maximum absolute atomic E-state index is 14.3. The Morgan fingerprint density at radius 1 is 1.00 bits per heavy atom. The standard InChI is InChI=1S/C25H27F4NO2/c1-16(2)20-13-30(21-8-6-5-7-19(21)22(20)31)15-24(32,25(27,28)29)14-23(3,4)17-9-11-18(26)12-10-17/h5-13,16,32H,14-15H2,1-4H3. The van der Waals surface area contributed by atoms with Crippen molar-refractivity contribution in [1.29, 1.82) is 0 Å². The summed E-state index contributed by atoms with van der Waals surface area (Å²) in [7, 11) is 0. The third-order valence-corrected chi connectivity index (χ3v) is 5.96. The first kappa shape index (κ1) is 24.0. The summed E-state index contributed by atoms with van der Waals surface area (Å²) in [6.07, 6.45) is -4.17. The molecule has 0 spiro atoms. The van der Waals surface area contributed by atoms with Crippen molar-refractivity contribution in [1.82, 2.24) is 4.57 Å². The number of alkyl halides is 3. The van der Waals surface area contributed by atoms with Crippen molar-refractivity contribution in [3.05, 3.63) is 81.9 Å². The lowest BCUT2D eigenvalue weighted by molar-refractivity contribution is -0.271. The molecular formula is C25H27F4NO2. The molecule has 3 rings (SSSR count). The first-order valence-electron chi connectivity index (χ1n) is 10.4. The molecule has 0 aliphatic rings. The van der Waals surface area contributed by atoms with Crippen LogP contribution in [0.2, 0.25) is 0 Å². The normalized spacial score (nSPS) is 14.7. The van der Waals surface area contributed by atoms with Gasteiger partial charge >= 0.3 is 6.18 Å². The van der Waals surface area contributed by atoms with Crippen LogP contribution in [0.15, 0.2) is 59.5 Å². The Bertz CT molecular complexity index is 1160. The molecule has 0 saturated heterocycles. The molecular weight excluding hydrogens is 422 g/mol. The number of fused-ring (bicyclic) bond motifs is 1. The second-order valence-electron chi connectivity index (χ2n) is 9.31. The fourth-order valence-electron chi connectivity index (χ4n) is 4.17. The van der Waals surface area contributed by atoms with Crippen molar-refractivity contribution in [3.63, 3.8) is 0 Å². The molecule has 0 amide bonds. The van der Waals surface area contributed by atoms with Crippen LogP contribution in [0.1, 0.15) is 51.2 Å². The molecule has 0 bridgehead atoms. The molecule has 1 N–H and O–H groups in total. The van der Waals surface area contributed by atoms with E-state index in [1.54, 1.807) is 52.0 Å². The first-order chi connectivity index (χ1) is 14.7. The zero-order chi connectivity index (χ0) is 23.9. The van der Waals surface area contributed by atoms with Gasteiger partial charge in [0.15, 0.2) is 11.0 Å². The number of para-hydroxylation sites is 1. The van der Waals surface area contributed by atoms with Gasteiger partial charge in [-0.2, -0.15) is 13.2 Å².